The zero-order chi connectivity index (χ0) is 98.5. The molecule has 9 aromatic carbocycles. The second-order valence-corrected chi connectivity index (χ2v) is 35.5. The van der Waals surface area contributed by atoms with Gasteiger partial charge in [0, 0.05) is 235 Å². The van der Waals surface area contributed by atoms with Crippen LogP contribution < -0.4 is 51.1 Å². The fourth-order valence-corrected chi connectivity index (χ4v) is 16.9. The van der Waals surface area contributed by atoms with Gasteiger partial charge in [0.2, 0.25) is 23.8 Å². The zero-order valence-electron chi connectivity index (χ0n) is 80.0. The lowest BCUT2D eigenvalue weighted by atomic mass is 10.0. The Bertz CT molecular complexity index is 6440. The van der Waals surface area contributed by atoms with E-state index in [0.717, 1.165) is 221 Å². The Morgan fingerprint density at radius 2 is 0.638 bits per heavy atom. The molecule has 28 nitrogen and oxygen atoms in total. The average Bonchev–Trinajstić information content (AvgIpc) is 0.824. The summed E-state index contributed by atoms with van der Waals surface area (Å²) in [7, 11) is 8.58. The number of carbonyl (C=O) groups excluding carboxylic acids is 4. The molecular formula is C111H117ClFN23O5. The molecule has 5 aliphatic rings. The standard InChI is InChI=1S/C35H39N7O2.C26H26N6O.C25H26ClN5O.C25H26FN5O/c1-3-32(43)23-26-6-4-7-27(22-26)33-25-34(36-28-10-12-30(13-11-28)42-18-20-44-21-19-42)39-35(38-33)37-29-8-5-9-31(24-29)41-16-14-40(2)15-17-41;1-4-23(33)16-19-7-5-8-20(15-19)24-18-25(27-2)30-26(29-24)28-21-9-6-10-22(17-21)32-13-11-31(3)12-14-32;2*1-3-22(32)15-18-6-4-7-19(14-18)23-17-24(26)29-25(28-23)27-20-8-5-9-21(16-20)31-12-10-30(2)11-13-31/h3-13,22,24-25H,1,14-21,23H2,2H3,(H2,36,37,38,39);4-10,15,17-18H,1,11-14,16H2,3H3,(H,28,29,30);2*3-9,14,16-17H,1,10-13,15H2,2H3,(H,27,28,29). The molecule has 30 heteroatoms. The molecule has 13 aromatic rings. The SMILES string of the molecule is C=CC(=O)Cc1cccc(-c2cc(Cl)nc(Nc3cccc(N4CCN(C)CC4)c3)n2)c1.C=CC(=O)Cc1cccc(-c2cc(F)nc(Nc3cccc(N4CCN(C)CC4)c3)n2)c1.C=CC(=O)Cc1cccc(-c2cc(Nc3ccc(N4CCOCC4)cc3)nc(Nc3cccc(N4CCN(C)CC4)c3)n2)c1.[C-]#[N+]c1cc(-c2cccc(CC(=O)C=C)c2)nc(Nc2cccc(N3CCN(C)CC3)c2)n1. The van der Waals surface area contributed by atoms with Crippen LogP contribution in [0.15, 0.2) is 293 Å². The Morgan fingerprint density at radius 1 is 0.333 bits per heavy atom. The highest BCUT2D eigenvalue weighted by Crippen LogP contribution is 2.35. The molecule has 4 aromatic heterocycles. The number of hydrogen-bond donors (Lipinski definition) is 5. The number of piperazine rings is 4. The van der Waals surface area contributed by atoms with E-state index >= 15 is 0 Å². The van der Waals surface area contributed by atoms with Crippen LogP contribution in [-0.2, 0) is 49.6 Å². The number of halogens is 2. The number of anilines is 15. The minimum Gasteiger partial charge on any atom is -0.378 e. The van der Waals surface area contributed by atoms with E-state index in [4.69, 9.17) is 32.9 Å². The topological polar surface area (TPSA) is 274 Å². The lowest BCUT2D eigenvalue weighted by Crippen LogP contribution is -2.44. The molecule has 5 aliphatic heterocycles. The number of rotatable bonds is 31. The van der Waals surface area contributed by atoms with Gasteiger partial charge in [-0.05, 0) is 208 Å². The predicted octanol–water partition coefficient (Wildman–Crippen LogP) is 18.7. The van der Waals surface area contributed by atoms with Gasteiger partial charge in [0.05, 0.1) is 36.0 Å². The van der Waals surface area contributed by atoms with E-state index in [2.05, 4.69) is 233 Å². The quantitative estimate of drug-likeness (QED) is 0.0153. The van der Waals surface area contributed by atoms with E-state index < -0.39 is 5.95 Å². The number of hydrogen-bond acceptors (Lipinski definition) is 27. The van der Waals surface area contributed by atoms with Gasteiger partial charge in [-0.15, -0.1) is 0 Å². The molecule has 0 saturated carbocycles. The van der Waals surface area contributed by atoms with Crippen LogP contribution in [0.1, 0.15) is 22.3 Å². The first kappa shape index (κ1) is 99.9. The maximum Gasteiger partial charge on any atom is 0.324 e. The molecule has 720 valence electrons. The summed E-state index contributed by atoms with van der Waals surface area (Å²) in [5, 5.41) is 17.0. The fraction of sp³-hybridized carbons (Fsp3) is 0.252. The van der Waals surface area contributed by atoms with Crippen molar-refractivity contribution >= 4 is 127 Å². The average molecular weight is 1910 g/mol. The van der Waals surface area contributed by atoms with Gasteiger partial charge in [0.1, 0.15) is 11.0 Å². The molecule has 5 fully saturated rings. The Morgan fingerprint density at radius 3 is 0.986 bits per heavy atom. The normalized spacial score (nSPS) is 14.6. The van der Waals surface area contributed by atoms with E-state index in [-0.39, 0.29) is 47.7 Å². The number of nitrogens with one attached hydrogen (secondary N) is 5. The molecule has 141 heavy (non-hydrogen) atoms. The number of allylic oxidation sites excluding steroid dienone is 4. The molecule has 0 aliphatic carbocycles. The monoisotopic (exact) mass is 1910 g/mol. The van der Waals surface area contributed by atoms with Crippen LogP contribution >= 0.6 is 11.6 Å². The Hall–Kier alpha value is -15.6. The molecule has 0 spiro atoms. The van der Waals surface area contributed by atoms with Crippen molar-refractivity contribution < 1.29 is 28.3 Å². The highest BCUT2D eigenvalue weighted by molar-refractivity contribution is 6.29. The predicted molar refractivity (Wildman–Crippen MR) is 567 cm³/mol. The van der Waals surface area contributed by atoms with E-state index in [1.165, 1.54) is 47.4 Å². The van der Waals surface area contributed by atoms with Crippen molar-refractivity contribution in [2.24, 2.45) is 0 Å². The van der Waals surface area contributed by atoms with Crippen LogP contribution in [0.4, 0.5) is 96.7 Å². The van der Waals surface area contributed by atoms with E-state index in [1.807, 2.05) is 152 Å². The maximum atomic E-state index is 14.3. The number of ketones is 4. The molecule has 0 unspecified atom stereocenters. The second-order valence-electron chi connectivity index (χ2n) is 35.1. The van der Waals surface area contributed by atoms with Crippen LogP contribution in [0.2, 0.25) is 5.15 Å². The van der Waals surface area contributed by atoms with Gasteiger partial charge in [0.15, 0.2) is 23.1 Å². The van der Waals surface area contributed by atoms with E-state index in [1.54, 1.807) is 12.1 Å². The molecule has 0 bridgehead atoms. The summed E-state index contributed by atoms with van der Waals surface area (Å²) < 4.78 is 19.8. The van der Waals surface area contributed by atoms with Gasteiger partial charge in [-0.25, -0.2) is 19.9 Å². The number of likely N-dealkylation sites (N-methyl/N-ethyl adjacent to an activating group) is 4. The van der Waals surface area contributed by atoms with Crippen molar-refractivity contribution in [3.05, 3.63) is 338 Å². The number of ether oxygens (including phenoxy) is 1. The smallest absolute Gasteiger partial charge is 0.324 e. The van der Waals surface area contributed by atoms with Crippen LogP contribution in [0.25, 0.3) is 49.9 Å². The van der Waals surface area contributed by atoms with E-state index in [0.29, 0.717) is 58.7 Å². The van der Waals surface area contributed by atoms with Crippen molar-refractivity contribution in [1.82, 2.24) is 59.5 Å². The van der Waals surface area contributed by atoms with Gasteiger partial charge < -0.3 is 80.3 Å². The van der Waals surface area contributed by atoms with Gasteiger partial charge >= 0.3 is 5.95 Å². The zero-order valence-corrected chi connectivity index (χ0v) is 80.8. The first-order chi connectivity index (χ1) is 68.5. The summed E-state index contributed by atoms with van der Waals surface area (Å²) in [6.45, 7) is 41.1. The van der Waals surface area contributed by atoms with Gasteiger partial charge in [-0.2, -0.15) is 19.3 Å². The van der Waals surface area contributed by atoms with Crippen molar-refractivity contribution in [2.45, 2.75) is 25.7 Å². The van der Waals surface area contributed by atoms with Crippen molar-refractivity contribution in [1.29, 1.82) is 0 Å². The molecule has 18 rings (SSSR count). The van der Waals surface area contributed by atoms with Gasteiger partial charge in [-0.3, -0.25) is 19.2 Å². The Kier molecular flexibility index (Phi) is 34.8. The second kappa shape index (κ2) is 49.1. The number of nitrogens with zero attached hydrogens (tertiary/aromatic N) is 18. The molecule has 0 atom stereocenters. The molecular weight excluding hydrogens is 1790 g/mol. The summed E-state index contributed by atoms with van der Waals surface area (Å²) in [5.74, 6) is 1.60. The first-order valence-corrected chi connectivity index (χ1v) is 47.6. The molecule has 0 radical (unpaired) electrons. The fourth-order valence-electron chi connectivity index (χ4n) is 16.7. The van der Waals surface area contributed by atoms with Crippen LogP contribution in [-0.4, -0.2) is 242 Å². The maximum absolute atomic E-state index is 14.3. The largest absolute Gasteiger partial charge is 0.378 e. The summed E-state index contributed by atoms with van der Waals surface area (Å²) in [4.78, 5) is 108. The van der Waals surface area contributed by atoms with E-state index in [9.17, 15) is 23.6 Å². The summed E-state index contributed by atoms with van der Waals surface area (Å²) in [5.41, 5.74) is 19.5. The van der Waals surface area contributed by atoms with Crippen molar-refractivity contribution in [3.63, 3.8) is 0 Å². The minimum atomic E-state index is -0.625. The molecule has 0 amide bonds. The first-order valence-electron chi connectivity index (χ1n) is 47.2. The third-order valence-corrected chi connectivity index (χ3v) is 24.9. The molecule has 9 heterocycles. The van der Waals surface area contributed by atoms with Gasteiger partial charge in [-0.1, -0.05) is 147 Å². The number of benzene rings is 9. The lowest BCUT2D eigenvalue weighted by molar-refractivity contribution is -0.114. The number of carbonyl (C=O) groups is 4. The van der Waals surface area contributed by atoms with Crippen LogP contribution in [0, 0.1) is 12.5 Å². The number of morpholine rings is 1. The Balaban J connectivity index is 0.000000143. The third kappa shape index (κ3) is 29.3. The lowest BCUT2D eigenvalue weighted by Gasteiger charge is -2.34. The summed E-state index contributed by atoms with van der Waals surface area (Å²) in [6.07, 6.45) is 6.46. The van der Waals surface area contributed by atoms with Crippen LogP contribution in [0.3, 0.4) is 0 Å². The highest BCUT2D eigenvalue weighted by Gasteiger charge is 2.24. The third-order valence-electron chi connectivity index (χ3n) is 24.7. The molecule has 5 N–H and O–H groups in total. The highest BCUT2D eigenvalue weighted by atomic mass is 35.5. The molecule has 5 saturated heterocycles. The summed E-state index contributed by atoms with van der Waals surface area (Å²) >= 11 is 6.31. The van der Waals surface area contributed by atoms with Crippen molar-refractivity contribution in [2.75, 3.05) is 210 Å². The van der Waals surface area contributed by atoms with Gasteiger partial charge in [0.25, 0.3) is 5.82 Å². The Labute approximate surface area is 828 Å². The van der Waals surface area contributed by atoms with Crippen LogP contribution in [0.5, 0.6) is 0 Å². The minimum absolute atomic E-state index is 0.0182. The summed E-state index contributed by atoms with van der Waals surface area (Å²) in [6, 6.07) is 78.4. The number of aromatic nitrogens is 8. The van der Waals surface area contributed by atoms with Crippen molar-refractivity contribution in [3.8, 4) is 45.0 Å².